The average Bonchev–Trinajstić information content (AvgIpc) is 2.51. The third kappa shape index (κ3) is 11.3. The topological polar surface area (TPSA) is 76.0 Å². The zero-order valence-electron chi connectivity index (χ0n) is 13.9. The summed E-state index contributed by atoms with van der Waals surface area (Å²) in [6, 6.07) is 7.84. The van der Waals surface area contributed by atoms with Crippen molar-refractivity contribution in [2.45, 2.75) is 58.3 Å². The highest BCUT2D eigenvalue weighted by molar-refractivity contribution is 7.46. The van der Waals surface area contributed by atoms with Gasteiger partial charge in [-0.1, -0.05) is 57.6 Å². The van der Waals surface area contributed by atoms with E-state index in [4.69, 9.17) is 14.5 Å². The van der Waals surface area contributed by atoms with Gasteiger partial charge < -0.3 is 14.5 Å². The minimum atomic E-state index is -4.40. The molecule has 0 saturated heterocycles. The van der Waals surface area contributed by atoms with Crippen LogP contribution in [0.5, 0.6) is 5.75 Å². The Hall–Kier alpha value is -0.870. The summed E-state index contributed by atoms with van der Waals surface area (Å²) in [4.78, 5) is 17.1. The maximum Gasteiger partial charge on any atom is 0.469 e. The van der Waals surface area contributed by atoms with Crippen LogP contribution in [0.25, 0.3) is 0 Å². The number of hydrogen-bond donors (Lipinski definition) is 2. The van der Waals surface area contributed by atoms with E-state index in [-0.39, 0.29) is 13.2 Å². The number of unbranched alkanes of at least 4 members (excludes halogenated alkanes) is 6. The van der Waals surface area contributed by atoms with E-state index in [1.54, 1.807) is 0 Å². The van der Waals surface area contributed by atoms with Gasteiger partial charge in [0.2, 0.25) is 0 Å². The maximum atomic E-state index is 10.5. The summed E-state index contributed by atoms with van der Waals surface area (Å²) in [7, 11) is -4.40. The van der Waals surface area contributed by atoms with Crippen LogP contribution in [0.2, 0.25) is 0 Å². The lowest BCUT2D eigenvalue weighted by Gasteiger charge is -2.08. The molecule has 0 amide bonds. The van der Waals surface area contributed by atoms with E-state index in [2.05, 4.69) is 11.4 Å². The Morgan fingerprint density at radius 1 is 0.913 bits per heavy atom. The molecule has 5 nitrogen and oxygen atoms in total. The number of phosphoric ester groups is 1. The van der Waals surface area contributed by atoms with Gasteiger partial charge in [-0.05, 0) is 30.5 Å². The van der Waals surface area contributed by atoms with E-state index in [9.17, 15) is 4.57 Å². The van der Waals surface area contributed by atoms with E-state index in [0.717, 1.165) is 6.42 Å². The fourth-order valence-corrected chi connectivity index (χ4v) is 2.67. The van der Waals surface area contributed by atoms with Crippen LogP contribution in [0.1, 0.15) is 57.4 Å². The van der Waals surface area contributed by atoms with Gasteiger partial charge in [-0.25, -0.2) is 4.57 Å². The standard InChI is InChI=1S/C17H29O5P/c1-2-3-4-5-6-7-8-9-16-10-12-17(13-11-16)21-14-15-22-23(18,19)20/h10-13H,2-9,14-15H2,1H3,(H2,18,19,20). The molecule has 0 atom stereocenters. The normalized spacial score (nSPS) is 11.6. The molecule has 0 aromatic heterocycles. The largest absolute Gasteiger partial charge is 0.491 e. The van der Waals surface area contributed by atoms with E-state index >= 15 is 0 Å². The third-order valence-electron chi connectivity index (χ3n) is 3.60. The van der Waals surface area contributed by atoms with Crippen molar-refractivity contribution < 1.29 is 23.6 Å². The molecule has 0 aliphatic rings. The molecule has 1 rings (SSSR count). The van der Waals surface area contributed by atoms with Gasteiger partial charge >= 0.3 is 7.82 Å². The monoisotopic (exact) mass is 344 g/mol. The molecule has 23 heavy (non-hydrogen) atoms. The summed E-state index contributed by atoms with van der Waals surface area (Å²) in [5.74, 6) is 0.683. The fraction of sp³-hybridized carbons (Fsp3) is 0.647. The van der Waals surface area contributed by atoms with Gasteiger partial charge in [0, 0.05) is 0 Å². The SMILES string of the molecule is CCCCCCCCCc1ccc(OCCOP(=O)(O)O)cc1. The summed E-state index contributed by atoms with van der Waals surface area (Å²) in [5, 5.41) is 0. The summed E-state index contributed by atoms with van der Waals surface area (Å²) >= 11 is 0. The lowest BCUT2D eigenvalue weighted by Crippen LogP contribution is -2.05. The highest BCUT2D eigenvalue weighted by Gasteiger charge is 2.12. The van der Waals surface area contributed by atoms with Crippen LogP contribution in [0.4, 0.5) is 0 Å². The Labute approximate surface area is 139 Å². The molecular formula is C17H29O5P. The van der Waals surface area contributed by atoms with Gasteiger partial charge in [0.05, 0.1) is 6.61 Å². The minimum Gasteiger partial charge on any atom is -0.491 e. The van der Waals surface area contributed by atoms with Gasteiger partial charge in [-0.3, -0.25) is 4.52 Å². The van der Waals surface area contributed by atoms with Gasteiger partial charge in [0.15, 0.2) is 0 Å². The highest BCUT2D eigenvalue weighted by Crippen LogP contribution is 2.35. The average molecular weight is 344 g/mol. The summed E-state index contributed by atoms with van der Waals surface area (Å²) in [6.07, 6.45) is 10.2. The van der Waals surface area contributed by atoms with Crippen molar-refractivity contribution in [1.82, 2.24) is 0 Å². The van der Waals surface area contributed by atoms with E-state index in [0.29, 0.717) is 5.75 Å². The van der Waals surface area contributed by atoms with Crippen LogP contribution >= 0.6 is 7.82 Å². The Morgan fingerprint density at radius 2 is 1.52 bits per heavy atom. The first kappa shape index (κ1) is 20.2. The van der Waals surface area contributed by atoms with Crippen LogP contribution < -0.4 is 4.74 Å². The van der Waals surface area contributed by atoms with Crippen LogP contribution in [0.3, 0.4) is 0 Å². The van der Waals surface area contributed by atoms with Crippen molar-refractivity contribution in [1.29, 1.82) is 0 Å². The Morgan fingerprint density at radius 3 is 2.13 bits per heavy atom. The molecule has 2 N–H and O–H groups in total. The number of rotatable bonds is 13. The number of benzene rings is 1. The summed E-state index contributed by atoms with van der Waals surface area (Å²) in [5.41, 5.74) is 1.29. The molecule has 0 heterocycles. The molecule has 0 fully saturated rings. The maximum absolute atomic E-state index is 10.5. The molecule has 0 unspecified atom stereocenters. The quantitative estimate of drug-likeness (QED) is 0.408. The van der Waals surface area contributed by atoms with E-state index in [1.807, 2.05) is 24.3 Å². The van der Waals surface area contributed by atoms with Crippen molar-refractivity contribution >= 4 is 7.82 Å². The second-order valence-corrected chi connectivity index (χ2v) is 6.93. The Kier molecular flexibility index (Phi) is 10.2. The zero-order valence-corrected chi connectivity index (χ0v) is 14.8. The third-order valence-corrected chi connectivity index (χ3v) is 4.12. The van der Waals surface area contributed by atoms with Crippen LogP contribution in [0.15, 0.2) is 24.3 Å². The van der Waals surface area contributed by atoms with E-state index in [1.165, 1.54) is 50.5 Å². The lowest BCUT2D eigenvalue weighted by atomic mass is 10.0. The molecule has 0 saturated carbocycles. The molecule has 0 spiro atoms. The molecular weight excluding hydrogens is 315 g/mol. The van der Waals surface area contributed by atoms with Crippen molar-refractivity contribution in [3.63, 3.8) is 0 Å². The van der Waals surface area contributed by atoms with Crippen LogP contribution in [-0.2, 0) is 15.5 Å². The lowest BCUT2D eigenvalue weighted by molar-refractivity contribution is 0.160. The first-order valence-corrected chi connectivity index (χ1v) is 9.96. The van der Waals surface area contributed by atoms with E-state index < -0.39 is 7.82 Å². The Balaban J connectivity index is 2.12. The predicted octanol–water partition coefficient (Wildman–Crippen LogP) is 4.47. The molecule has 0 aliphatic heterocycles. The van der Waals surface area contributed by atoms with Crippen molar-refractivity contribution in [3.8, 4) is 5.75 Å². The van der Waals surface area contributed by atoms with Gasteiger partial charge in [-0.2, -0.15) is 0 Å². The number of aryl methyl sites for hydroxylation is 1. The second-order valence-electron chi connectivity index (χ2n) is 5.69. The first-order chi connectivity index (χ1) is 11.0. The summed E-state index contributed by atoms with van der Waals surface area (Å²) in [6.45, 7) is 2.21. The van der Waals surface area contributed by atoms with Crippen molar-refractivity contribution in [2.24, 2.45) is 0 Å². The van der Waals surface area contributed by atoms with Gasteiger partial charge in [-0.15, -0.1) is 0 Å². The number of ether oxygens (including phenoxy) is 1. The summed E-state index contributed by atoms with van der Waals surface area (Å²) < 4.78 is 20.2. The highest BCUT2D eigenvalue weighted by atomic mass is 31.2. The van der Waals surface area contributed by atoms with Crippen LogP contribution in [0, 0.1) is 0 Å². The molecule has 1 aromatic rings. The fourth-order valence-electron chi connectivity index (χ4n) is 2.35. The number of phosphoric acid groups is 1. The predicted molar refractivity (Wildman–Crippen MR) is 91.6 cm³/mol. The van der Waals surface area contributed by atoms with Gasteiger partial charge in [0.1, 0.15) is 12.4 Å². The van der Waals surface area contributed by atoms with Gasteiger partial charge in [0.25, 0.3) is 0 Å². The molecule has 1 aromatic carbocycles. The van der Waals surface area contributed by atoms with Crippen molar-refractivity contribution in [3.05, 3.63) is 29.8 Å². The molecule has 0 bridgehead atoms. The molecule has 132 valence electrons. The zero-order chi connectivity index (χ0) is 17.0. The number of hydrogen-bond acceptors (Lipinski definition) is 3. The minimum absolute atomic E-state index is 0.113. The smallest absolute Gasteiger partial charge is 0.469 e. The molecule has 0 radical (unpaired) electrons. The van der Waals surface area contributed by atoms with Crippen molar-refractivity contribution in [2.75, 3.05) is 13.2 Å². The molecule has 0 aliphatic carbocycles. The second kappa shape index (κ2) is 11.6. The first-order valence-electron chi connectivity index (χ1n) is 8.43. The Bertz CT molecular complexity index is 455. The molecule has 6 heteroatoms. The van der Waals surface area contributed by atoms with Crippen LogP contribution in [-0.4, -0.2) is 23.0 Å².